The zero-order valence-corrected chi connectivity index (χ0v) is 13.4. The summed E-state index contributed by atoms with van der Waals surface area (Å²) in [6.07, 6.45) is 0.898. The number of benzene rings is 1. The van der Waals surface area contributed by atoms with Crippen molar-refractivity contribution in [3.8, 4) is 0 Å². The average molecular weight is 320 g/mol. The van der Waals surface area contributed by atoms with E-state index in [0.717, 1.165) is 18.7 Å². The van der Waals surface area contributed by atoms with E-state index in [1.165, 1.54) is 0 Å². The summed E-state index contributed by atoms with van der Waals surface area (Å²) in [5.74, 6) is -0.141. The Balaban J connectivity index is 1.86. The maximum atomic E-state index is 12.2. The first-order valence-corrected chi connectivity index (χ1v) is 7.85. The second-order valence-corrected chi connectivity index (χ2v) is 5.29. The standard InChI is InChI=1S/C16H24N4O3/c1-23-11-9-17-7-8-18-15(21)13-4-2-5-14(12-13)20-10-3-6-19-16(20)22/h2,4-5,12,17H,3,6-11H2,1H3,(H,18,21)(H,19,22). The zero-order valence-electron chi connectivity index (χ0n) is 13.4. The summed E-state index contributed by atoms with van der Waals surface area (Å²) in [6.45, 7) is 3.99. The predicted octanol–water partition coefficient (Wildman–Crippen LogP) is 0.572. The van der Waals surface area contributed by atoms with Gasteiger partial charge in [0.1, 0.15) is 0 Å². The number of anilines is 1. The summed E-state index contributed by atoms with van der Waals surface area (Å²) in [5, 5.41) is 8.82. The van der Waals surface area contributed by atoms with Crippen LogP contribution in [0.5, 0.6) is 0 Å². The third-order valence-corrected chi connectivity index (χ3v) is 3.57. The molecule has 0 unspecified atom stereocenters. The molecule has 1 aliphatic rings. The van der Waals surface area contributed by atoms with E-state index in [1.54, 1.807) is 30.2 Å². The molecule has 1 aromatic carbocycles. The highest BCUT2D eigenvalue weighted by Gasteiger charge is 2.19. The molecule has 7 nitrogen and oxygen atoms in total. The van der Waals surface area contributed by atoms with Crippen LogP contribution in [0.3, 0.4) is 0 Å². The van der Waals surface area contributed by atoms with Gasteiger partial charge in [0.2, 0.25) is 0 Å². The van der Waals surface area contributed by atoms with Crippen LogP contribution >= 0.6 is 0 Å². The summed E-state index contributed by atoms with van der Waals surface area (Å²) in [5.41, 5.74) is 1.30. The molecule has 7 heteroatoms. The lowest BCUT2D eigenvalue weighted by Crippen LogP contribution is -2.46. The molecule has 1 saturated heterocycles. The third-order valence-electron chi connectivity index (χ3n) is 3.57. The Hall–Kier alpha value is -2.12. The van der Waals surface area contributed by atoms with Gasteiger partial charge in [-0.2, -0.15) is 0 Å². The van der Waals surface area contributed by atoms with Crippen LogP contribution in [0.4, 0.5) is 10.5 Å². The lowest BCUT2D eigenvalue weighted by molar-refractivity contribution is 0.0953. The number of nitrogens with one attached hydrogen (secondary N) is 3. The number of carbonyl (C=O) groups excluding carboxylic acids is 2. The molecule has 3 amide bonds. The molecule has 0 aliphatic carbocycles. The fourth-order valence-corrected chi connectivity index (χ4v) is 2.36. The highest BCUT2D eigenvalue weighted by atomic mass is 16.5. The van der Waals surface area contributed by atoms with Gasteiger partial charge in [-0.3, -0.25) is 9.69 Å². The van der Waals surface area contributed by atoms with Gasteiger partial charge < -0.3 is 20.7 Å². The number of carbonyl (C=O) groups is 2. The van der Waals surface area contributed by atoms with Crippen molar-refractivity contribution >= 4 is 17.6 Å². The molecule has 0 bridgehead atoms. The van der Waals surface area contributed by atoms with Gasteiger partial charge in [-0.25, -0.2) is 4.79 Å². The van der Waals surface area contributed by atoms with Gasteiger partial charge in [-0.15, -0.1) is 0 Å². The Morgan fingerprint density at radius 2 is 2.22 bits per heavy atom. The van der Waals surface area contributed by atoms with Crippen molar-refractivity contribution < 1.29 is 14.3 Å². The van der Waals surface area contributed by atoms with E-state index in [1.807, 2.05) is 6.07 Å². The summed E-state index contributed by atoms with van der Waals surface area (Å²) in [4.78, 5) is 25.7. The topological polar surface area (TPSA) is 82.7 Å². The van der Waals surface area contributed by atoms with E-state index in [-0.39, 0.29) is 11.9 Å². The molecule has 23 heavy (non-hydrogen) atoms. The molecule has 1 aliphatic heterocycles. The molecule has 0 aromatic heterocycles. The first kappa shape index (κ1) is 17.2. The van der Waals surface area contributed by atoms with E-state index in [0.29, 0.717) is 38.3 Å². The van der Waals surface area contributed by atoms with Crippen molar-refractivity contribution in [2.24, 2.45) is 0 Å². The summed E-state index contributed by atoms with van der Waals surface area (Å²) in [6, 6.07) is 7.02. The van der Waals surface area contributed by atoms with Crippen LogP contribution in [0.1, 0.15) is 16.8 Å². The number of nitrogens with zero attached hydrogens (tertiary/aromatic N) is 1. The van der Waals surface area contributed by atoms with Gasteiger partial charge in [-0.05, 0) is 24.6 Å². The lowest BCUT2D eigenvalue weighted by atomic mass is 10.1. The number of urea groups is 1. The first-order chi connectivity index (χ1) is 11.2. The van der Waals surface area contributed by atoms with Crippen LogP contribution in [0.25, 0.3) is 0 Å². The number of methoxy groups -OCH3 is 1. The van der Waals surface area contributed by atoms with Crippen LogP contribution in [-0.4, -0.2) is 58.4 Å². The van der Waals surface area contributed by atoms with Gasteiger partial charge in [0.05, 0.1) is 6.61 Å². The predicted molar refractivity (Wildman–Crippen MR) is 88.9 cm³/mol. The highest BCUT2D eigenvalue weighted by Crippen LogP contribution is 2.18. The number of ether oxygens (including phenoxy) is 1. The fourth-order valence-electron chi connectivity index (χ4n) is 2.36. The minimum Gasteiger partial charge on any atom is -0.383 e. The highest BCUT2D eigenvalue weighted by molar-refractivity contribution is 5.97. The minimum absolute atomic E-state index is 0.115. The van der Waals surface area contributed by atoms with Crippen molar-refractivity contribution in [1.82, 2.24) is 16.0 Å². The van der Waals surface area contributed by atoms with E-state index < -0.39 is 0 Å². The van der Waals surface area contributed by atoms with Crippen LogP contribution in [0.2, 0.25) is 0 Å². The Bertz CT molecular complexity index is 536. The third kappa shape index (κ3) is 5.22. The van der Waals surface area contributed by atoms with E-state index in [4.69, 9.17) is 4.74 Å². The Morgan fingerprint density at radius 3 is 3.00 bits per heavy atom. The van der Waals surface area contributed by atoms with E-state index in [2.05, 4.69) is 16.0 Å². The first-order valence-electron chi connectivity index (χ1n) is 7.85. The quantitative estimate of drug-likeness (QED) is 0.612. The van der Waals surface area contributed by atoms with Crippen LogP contribution in [0.15, 0.2) is 24.3 Å². The van der Waals surface area contributed by atoms with Crippen molar-refractivity contribution in [2.45, 2.75) is 6.42 Å². The smallest absolute Gasteiger partial charge is 0.321 e. The molecular formula is C16H24N4O3. The molecule has 0 saturated carbocycles. The largest absolute Gasteiger partial charge is 0.383 e. The molecular weight excluding hydrogens is 296 g/mol. The molecule has 1 fully saturated rings. The average Bonchev–Trinajstić information content (AvgIpc) is 2.58. The van der Waals surface area contributed by atoms with Crippen molar-refractivity contribution in [3.63, 3.8) is 0 Å². The Labute approximate surface area is 136 Å². The molecule has 3 N–H and O–H groups in total. The van der Waals surface area contributed by atoms with Gasteiger partial charge in [0.25, 0.3) is 5.91 Å². The SMILES string of the molecule is COCCNCCNC(=O)c1cccc(N2CCCNC2=O)c1. The molecule has 1 aromatic rings. The normalized spacial score (nSPS) is 14.5. The van der Waals surface area contributed by atoms with Crippen molar-refractivity contribution in [3.05, 3.63) is 29.8 Å². The summed E-state index contributed by atoms with van der Waals surface area (Å²) in [7, 11) is 1.65. The molecule has 1 heterocycles. The zero-order chi connectivity index (χ0) is 16.5. The Morgan fingerprint density at radius 1 is 1.35 bits per heavy atom. The molecule has 0 spiro atoms. The summed E-state index contributed by atoms with van der Waals surface area (Å²) < 4.78 is 4.93. The van der Waals surface area contributed by atoms with Gasteiger partial charge in [-0.1, -0.05) is 6.07 Å². The van der Waals surface area contributed by atoms with Crippen molar-refractivity contribution in [2.75, 3.05) is 51.3 Å². The van der Waals surface area contributed by atoms with Gasteiger partial charge in [0.15, 0.2) is 0 Å². The second-order valence-electron chi connectivity index (χ2n) is 5.29. The van der Waals surface area contributed by atoms with E-state index in [9.17, 15) is 9.59 Å². The maximum Gasteiger partial charge on any atom is 0.321 e. The monoisotopic (exact) mass is 320 g/mol. The van der Waals surface area contributed by atoms with Crippen LogP contribution in [0, 0.1) is 0 Å². The minimum atomic E-state index is -0.141. The second kappa shape index (κ2) is 9.12. The van der Waals surface area contributed by atoms with Crippen molar-refractivity contribution in [1.29, 1.82) is 0 Å². The molecule has 0 radical (unpaired) electrons. The number of rotatable bonds is 8. The number of hydrogen-bond acceptors (Lipinski definition) is 4. The number of hydrogen-bond donors (Lipinski definition) is 3. The number of amides is 3. The van der Waals surface area contributed by atoms with Crippen LogP contribution in [-0.2, 0) is 4.74 Å². The molecule has 126 valence electrons. The Kier molecular flexibility index (Phi) is 6.83. The van der Waals surface area contributed by atoms with Gasteiger partial charge >= 0.3 is 6.03 Å². The lowest BCUT2D eigenvalue weighted by Gasteiger charge is -2.27. The van der Waals surface area contributed by atoms with E-state index >= 15 is 0 Å². The molecule has 2 rings (SSSR count). The maximum absolute atomic E-state index is 12.2. The fraction of sp³-hybridized carbons (Fsp3) is 0.500. The van der Waals surface area contributed by atoms with Gasteiger partial charge in [0, 0.05) is 51.1 Å². The summed E-state index contributed by atoms with van der Waals surface area (Å²) >= 11 is 0. The molecule has 0 atom stereocenters. The van der Waals surface area contributed by atoms with Crippen LogP contribution < -0.4 is 20.9 Å².